The van der Waals surface area contributed by atoms with Crippen LogP contribution in [-0.2, 0) is 6.54 Å². The van der Waals surface area contributed by atoms with Crippen molar-refractivity contribution in [3.8, 4) is 0 Å². The normalized spacial score (nSPS) is 15.1. The Morgan fingerprint density at radius 2 is 2.00 bits per heavy atom. The highest BCUT2D eigenvalue weighted by Crippen LogP contribution is 2.22. The van der Waals surface area contributed by atoms with Crippen LogP contribution in [0, 0.1) is 13.8 Å². The predicted molar refractivity (Wildman–Crippen MR) is 92.5 cm³/mol. The third-order valence-corrected chi connectivity index (χ3v) is 4.37. The average Bonchev–Trinajstić information content (AvgIpc) is 3.27. The number of benzene rings is 1. The topological polar surface area (TPSA) is 84.4 Å². The second-order valence-corrected chi connectivity index (χ2v) is 6.37. The number of oxazole rings is 2. The Kier molecular flexibility index (Phi) is 4.01. The van der Waals surface area contributed by atoms with E-state index in [1.54, 1.807) is 19.9 Å². The third kappa shape index (κ3) is 3.28. The Hall–Kier alpha value is -2.67. The molecule has 7 heteroatoms. The molecule has 3 heterocycles. The molecule has 1 amide bonds. The Morgan fingerprint density at radius 1 is 1.20 bits per heavy atom. The molecule has 130 valence electrons. The van der Waals surface area contributed by atoms with Crippen LogP contribution in [0.15, 0.2) is 27.0 Å². The quantitative estimate of drug-likeness (QED) is 0.784. The van der Waals surface area contributed by atoms with E-state index >= 15 is 0 Å². The average molecular weight is 340 g/mol. The molecule has 25 heavy (non-hydrogen) atoms. The molecule has 0 radical (unpaired) electrons. The Labute approximate surface area is 145 Å². The molecule has 0 aliphatic carbocycles. The maximum atomic E-state index is 12.3. The number of hydrogen-bond donors (Lipinski definition) is 1. The van der Waals surface area contributed by atoms with Crippen molar-refractivity contribution < 1.29 is 13.6 Å². The van der Waals surface area contributed by atoms with Crippen molar-refractivity contribution in [2.24, 2.45) is 0 Å². The van der Waals surface area contributed by atoms with Gasteiger partial charge in [0.15, 0.2) is 17.2 Å². The van der Waals surface area contributed by atoms with Crippen molar-refractivity contribution in [3.63, 3.8) is 0 Å². The monoisotopic (exact) mass is 340 g/mol. The van der Waals surface area contributed by atoms with E-state index in [-0.39, 0.29) is 5.91 Å². The first-order chi connectivity index (χ1) is 12.1. The summed E-state index contributed by atoms with van der Waals surface area (Å²) in [6.45, 7) is 6.36. The molecule has 0 saturated carbocycles. The van der Waals surface area contributed by atoms with Gasteiger partial charge in [-0.25, -0.2) is 9.97 Å². The summed E-state index contributed by atoms with van der Waals surface area (Å²) in [4.78, 5) is 23.3. The number of carbonyl (C=O) groups is 1. The number of aromatic nitrogens is 2. The van der Waals surface area contributed by atoms with E-state index in [0.717, 1.165) is 30.7 Å². The number of carbonyl (C=O) groups excluding carboxylic acids is 1. The number of likely N-dealkylation sites (tertiary alicyclic amines) is 1. The SMILES string of the molecule is Cc1nc(C(=O)Nc2ccc3oc(CN4CCCC4)nc3c2)c(C)o1. The van der Waals surface area contributed by atoms with Crippen LogP contribution in [-0.4, -0.2) is 33.9 Å². The van der Waals surface area contributed by atoms with Crippen molar-refractivity contribution in [2.45, 2.75) is 33.2 Å². The van der Waals surface area contributed by atoms with Gasteiger partial charge in [-0.3, -0.25) is 9.69 Å². The van der Waals surface area contributed by atoms with Crippen LogP contribution in [0.2, 0.25) is 0 Å². The lowest BCUT2D eigenvalue weighted by molar-refractivity contribution is 0.102. The van der Waals surface area contributed by atoms with Crippen LogP contribution in [0.25, 0.3) is 11.1 Å². The van der Waals surface area contributed by atoms with Gasteiger partial charge in [0.05, 0.1) is 6.54 Å². The molecule has 0 bridgehead atoms. The van der Waals surface area contributed by atoms with Gasteiger partial charge in [0.2, 0.25) is 5.89 Å². The fourth-order valence-corrected chi connectivity index (χ4v) is 3.18. The number of amides is 1. The third-order valence-electron chi connectivity index (χ3n) is 4.37. The first kappa shape index (κ1) is 15.8. The maximum Gasteiger partial charge on any atom is 0.277 e. The van der Waals surface area contributed by atoms with E-state index in [1.807, 2.05) is 12.1 Å². The van der Waals surface area contributed by atoms with Gasteiger partial charge in [-0.1, -0.05) is 0 Å². The van der Waals surface area contributed by atoms with Crippen molar-refractivity contribution in [1.29, 1.82) is 0 Å². The lowest BCUT2D eigenvalue weighted by Gasteiger charge is -2.10. The number of anilines is 1. The summed E-state index contributed by atoms with van der Waals surface area (Å²) in [6.07, 6.45) is 2.47. The molecule has 1 N–H and O–H groups in total. The minimum absolute atomic E-state index is 0.297. The maximum absolute atomic E-state index is 12.3. The molecule has 1 aromatic carbocycles. The van der Waals surface area contributed by atoms with E-state index in [0.29, 0.717) is 28.9 Å². The summed E-state index contributed by atoms with van der Waals surface area (Å²) >= 11 is 0. The first-order valence-corrected chi connectivity index (χ1v) is 8.46. The zero-order valence-electron chi connectivity index (χ0n) is 14.3. The molecular weight excluding hydrogens is 320 g/mol. The highest BCUT2D eigenvalue weighted by molar-refractivity contribution is 6.04. The molecule has 7 nitrogen and oxygen atoms in total. The summed E-state index contributed by atoms with van der Waals surface area (Å²) in [6, 6.07) is 5.44. The fourth-order valence-electron chi connectivity index (χ4n) is 3.18. The van der Waals surface area contributed by atoms with Crippen molar-refractivity contribution in [2.75, 3.05) is 18.4 Å². The van der Waals surface area contributed by atoms with Gasteiger partial charge in [-0.05, 0) is 51.1 Å². The smallest absolute Gasteiger partial charge is 0.277 e. The van der Waals surface area contributed by atoms with Gasteiger partial charge in [0.25, 0.3) is 5.91 Å². The molecule has 1 fully saturated rings. The minimum Gasteiger partial charge on any atom is -0.445 e. The standard InChI is InChI=1S/C18H20N4O3/c1-11-17(19-12(2)24-11)18(23)20-13-5-6-15-14(9-13)21-16(25-15)10-22-7-3-4-8-22/h5-6,9H,3-4,7-8,10H2,1-2H3,(H,20,23). The number of hydrogen-bond acceptors (Lipinski definition) is 6. The highest BCUT2D eigenvalue weighted by Gasteiger charge is 2.17. The molecular formula is C18H20N4O3. The molecule has 0 atom stereocenters. The van der Waals surface area contributed by atoms with Crippen LogP contribution >= 0.6 is 0 Å². The zero-order valence-corrected chi connectivity index (χ0v) is 14.3. The molecule has 1 saturated heterocycles. The summed E-state index contributed by atoms with van der Waals surface area (Å²) in [5.74, 6) is 1.39. The second kappa shape index (κ2) is 6.33. The molecule has 4 rings (SSSR count). The molecule has 3 aromatic rings. The van der Waals surface area contributed by atoms with E-state index in [2.05, 4.69) is 20.2 Å². The van der Waals surface area contributed by atoms with E-state index < -0.39 is 0 Å². The molecule has 2 aromatic heterocycles. The van der Waals surface area contributed by atoms with E-state index in [4.69, 9.17) is 8.83 Å². The summed E-state index contributed by atoms with van der Waals surface area (Å²) in [5, 5.41) is 2.83. The Bertz CT molecular complexity index is 922. The van der Waals surface area contributed by atoms with E-state index in [1.165, 1.54) is 12.8 Å². The van der Waals surface area contributed by atoms with Gasteiger partial charge in [-0.2, -0.15) is 0 Å². The van der Waals surface area contributed by atoms with Gasteiger partial charge in [0.1, 0.15) is 11.3 Å². The molecule has 1 aliphatic heterocycles. The van der Waals surface area contributed by atoms with Crippen molar-refractivity contribution >= 4 is 22.7 Å². The number of aryl methyl sites for hydroxylation is 2. The molecule has 0 unspecified atom stereocenters. The summed E-state index contributed by atoms with van der Waals surface area (Å²) in [5.41, 5.74) is 2.41. The van der Waals surface area contributed by atoms with Crippen LogP contribution < -0.4 is 5.32 Å². The number of rotatable bonds is 4. The largest absolute Gasteiger partial charge is 0.445 e. The number of nitrogens with zero attached hydrogens (tertiary/aromatic N) is 3. The van der Waals surface area contributed by atoms with Crippen LogP contribution in [0.3, 0.4) is 0 Å². The van der Waals surface area contributed by atoms with Crippen molar-refractivity contribution in [3.05, 3.63) is 41.4 Å². The van der Waals surface area contributed by atoms with Gasteiger partial charge >= 0.3 is 0 Å². The minimum atomic E-state index is -0.297. The first-order valence-electron chi connectivity index (χ1n) is 8.46. The van der Waals surface area contributed by atoms with Gasteiger partial charge in [0, 0.05) is 12.6 Å². The van der Waals surface area contributed by atoms with Gasteiger partial charge in [-0.15, -0.1) is 0 Å². The number of nitrogens with one attached hydrogen (secondary N) is 1. The Morgan fingerprint density at radius 3 is 2.72 bits per heavy atom. The summed E-state index contributed by atoms with van der Waals surface area (Å²) < 4.78 is 11.1. The van der Waals surface area contributed by atoms with Crippen molar-refractivity contribution in [1.82, 2.24) is 14.9 Å². The van der Waals surface area contributed by atoms with Crippen LogP contribution in [0.4, 0.5) is 5.69 Å². The molecule has 1 aliphatic rings. The molecule has 0 spiro atoms. The van der Waals surface area contributed by atoms with Crippen LogP contribution in [0.1, 0.15) is 40.9 Å². The lowest BCUT2D eigenvalue weighted by atomic mass is 10.2. The predicted octanol–water partition coefficient (Wildman–Crippen LogP) is 3.28. The Balaban J connectivity index is 1.52. The number of fused-ring (bicyclic) bond motifs is 1. The summed E-state index contributed by atoms with van der Waals surface area (Å²) in [7, 11) is 0. The van der Waals surface area contributed by atoms with Gasteiger partial charge < -0.3 is 14.2 Å². The fraction of sp³-hybridized carbons (Fsp3) is 0.389. The lowest BCUT2D eigenvalue weighted by Crippen LogP contribution is -2.18. The zero-order chi connectivity index (χ0) is 17.4. The van der Waals surface area contributed by atoms with Crippen LogP contribution in [0.5, 0.6) is 0 Å². The van der Waals surface area contributed by atoms with E-state index in [9.17, 15) is 4.79 Å². The second-order valence-electron chi connectivity index (χ2n) is 6.37. The highest BCUT2D eigenvalue weighted by atomic mass is 16.4.